The van der Waals surface area contributed by atoms with Crippen LogP contribution in [-0.2, 0) is 9.53 Å². The maximum absolute atomic E-state index is 13.5. The first-order valence-electron chi connectivity index (χ1n) is 10.6. The van der Waals surface area contributed by atoms with Gasteiger partial charge in [-0.25, -0.2) is 4.98 Å². The number of fused-ring (bicyclic) bond motifs is 1. The molecule has 2 atom stereocenters. The number of carbonyl (C=O) groups is 1. The fourth-order valence-corrected chi connectivity index (χ4v) is 5.29. The summed E-state index contributed by atoms with van der Waals surface area (Å²) in [5.74, 6) is 0.0713. The van der Waals surface area contributed by atoms with Gasteiger partial charge in [0.05, 0.1) is 23.6 Å². The molecule has 1 fully saturated rings. The molecule has 162 valence electrons. The lowest BCUT2D eigenvalue weighted by Crippen LogP contribution is -2.33. The van der Waals surface area contributed by atoms with Crippen molar-refractivity contribution in [3.8, 4) is 0 Å². The van der Waals surface area contributed by atoms with E-state index in [1.54, 1.807) is 17.7 Å². The standard InChI is InChI=1S/C24H27N3O3S/c1-17(16-30-2)27-22(28)19-12-6-7-13-20(19)25-24(27)31-21(18-10-4-3-5-11-18)23(29)26-14-8-9-15-26/h3-7,10-13,17,21H,8-9,14-16H2,1-2H3. The van der Waals surface area contributed by atoms with Gasteiger partial charge in [0.15, 0.2) is 5.16 Å². The fraction of sp³-hybridized carbons (Fsp3) is 0.375. The van der Waals surface area contributed by atoms with E-state index in [0.717, 1.165) is 31.5 Å². The van der Waals surface area contributed by atoms with E-state index >= 15 is 0 Å². The van der Waals surface area contributed by atoms with Crippen molar-refractivity contribution in [2.45, 2.75) is 36.2 Å². The number of rotatable bonds is 7. The third-order valence-corrected chi connectivity index (χ3v) is 6.80. The molecule has 0 aliphatic carbocycles. The Bertz CT molecular complexity index is 1110. The van der Waals surface area contributed by atoms with Gasteiger partial charge in [-0.1, -0.05) is 54.2 Å². The maximum atomic E-state index is 13.5. The Morgan fingerprint density at radius 2 is 1.77 bits per heavy atom. The molecule has 6 nitrogen and oxygen atoms in total. The molecule has 0 saturated carbocycles. The average Bonchev–Trinajstić information content (AvgIpc) is 3.33. The highest BCUT2D eigenvalue weighted by atomic mass is 32.2. The molecule has 1 aromatic heterocycles. The van der Waals surface area contributed by atoms with Crippen LogP contribution in [0.15, 0.2) is 64.5 Å². The molecule has 2 heterocycles. The number of thioether (sulfide) groups is 1. The summed E-state index contributed by atoms with van der Waals surface area (Å²) in [5, 5.41) is 0.639. The van der Waals surface area contributed by atoms with Gasteiger partial charge in [-0.2, -0.15) is 0 Å². The summed E-state index contributed by atoms with van der Waals surface area (Å²) in [4.78, 5) is 33.6. The molecule has 1 amide bonds. The Morgan fingerprint density at radius 1 is 1.10 bits per heavy atom. The van der Waals surface area contributed by atoms with Crippen molar-refractivity contribution < 1.29 is 9.53 Å². The number of ether oxygens (including phenoxy) is 1. The zero-order valence-corrected chi connectivity index (χ0v) is 18.7. The zero-order chi connectivity index (χ0) is 21.8. The molecule has 1 saturated heterocycles. The molecular formula is C24H27N3O3S. The minimum absolute atomic E-state index is 0.0713. The lowest BCUT2D eigenvalue weighted by Gasteiger charge is -2.25. The molecule has 0 N–H and O–H groups in total. The van der Waals surface area contributed by atoms with Crippen LogP contribution in [0.3, 0.4) is 0 Å². The van der Waals surface area contributed by atoms with Crippen LogP contribution >= 0.6 is 11.8 Å². The number of amides is 1. The molecule has 31 heavy (non-hydrogen) atoms. The number of likely N-dealkylation sites (tertiary alicyclic amines) is 1. The normalized spacial score (nSPS) is 15.9. The summed E-state index contributed by atoms with van der Waals surface area (Å²) < 4.78 is 7.00. The Hall–Kier alpha value is -2.64. The topological polar surface area (TPSA) is 64.4 Å². The van der Waals surface area contributed by atoms with Gasteiger partial charge in [0.25, 0.3) is 5.56 Å². The first-order chi connectivity index (χ1) is 15.1. The number of methoxy groups -OCH3 is 1. The van der Waals surface area contributed by atoms with Gasteiger partial charge in [0.1, 0.15) is 5.25 Å². The van der Waals surface area contributed by atoms with Crippen LogP contribution < -0.4 is 5.56 Å². The van der Waals surface area contributed by atoms with Crippen molar-refractivity contribution in [2.75, 3.05) is 26.8 Å². The first-order valence-corrected chi connectivity index (χ1v) is 11.5. The molecule has 2 unspecified atom stereocenters. The second-order valence-corrected chi connectivity index (χ2v) is 8.90. The SMILES string of the molecule is COCC(C)n1c(SC(C(=O)N2CCCC2)c2ccccc2)nc2ccccc2c1=O. The molecule has 7 heteroatoms. The van der Waals surface area contributed by atoms with Crippen LogP contribution in [0.2, 0.25) is 0 Å². The highest BCUT2D eigenvalue weighted by Gasteiger charge is 2.31. The third-order valence-electron chi connectivity index (χ3n) is 5.59. The maximum Gasteiger partial charge on any atom is 0.262 e. The molecule has 0 spiro atoms. The highest BCUT2D eigenvalue weighted by molar-refractivity contribution is 8.00. The quantitative estimate of drug-likeness (QED) is 0.412. The predicted molar refractivity (Wildman–Crippen MR) is 123 cm³/mol. The fourth-order valence-electron chi connectivity index (χ4n) is 4.01. The Balaban J connectivity index is 1.82. The van der Waals surface area contributed by atoms with Gasteiger partial charge in [0.2, 0.25) is 5.91 Å². The number of hydrogen-bond acceptors (Lipinski definition) is 5. The van der Waals surface area contributed by atoms with E-state index in [9.17, 15) is 9.59 Å². The summed E-state index contributed by atoms with van der Waals surface area (Å²) in [7, 11) is 1.62. The van der Waals surface area contributed by atoms with Gasteiger partial charge < -0.3 is 9.64 Å². The molecule has 3 aromatic rings. The Labute approximate surface area is 186 Å². The molecule has 1 aliphatic heterocycles. The van der Waals surface area contributed by atoms with E-state index in [1.165, 1.54) is 11.8 Å². The van der Waals surface area contributed by atoms with Crippen molar-refractivity contribution in [3.63, 3.8) is 0 Å². The highest BCUT2D eigenvalue weighted by Crippen LogP contribution is 2.37. The van der Waals surface area contributed by atoms with Crippen molar-refractivity contribution in [2.24, 2.45) is 0 Å². The van der Waals surface area contributed by atoms with Crippen molar-refractivity contribution in [1.29, 1.82) is 0 Å². The first kappa shape index (κ1) is 21.6. The van der Waals surface area contributed by atoms with E-state index < -0.39 is 5.25 Å². The van der Waals surface area contributed by atoms with Gasteiger partial charge in [-0.05, 0) is 37.5 Å². The molecule has 0 radical (unpaired) electrons. The van der Waals surface area contributed by atoms with E-state index in [4.69, 9.17) is 9.72 Å². The summed E-state index contributed by atoms with van der Waals surface area (Å²) in [6.45, 7) is 3.87. The summed E-state index contributed by atoms with van der Waals surface area (Å²) >= 11 is 1.35. The molecular weight excluding hydrogens is 410 g/mol. The van der Waals surface area contributed by atoms with Crippen LogP contribution in [0.1, 0.15) is 36.6 Å². The summed E-state index contributed by atoms with van der Waals surface area (Å²) in [6, 6.07) is 16.9. The number of para-hydroxylation sites is 1. The lowest BCUT2D eigenvalue weighted by molar-refractivity contribution is -0.129. The second kappa shape index (κ2) is 9.66. The predicted octanol–water partition coefficient (Wildman–Crippen LogP) is 4.06. The molecule has 2 aromatic carbocycles. The Kier molecular flexibility index (Phi) is 6.73. The van der Waals surface area contributed by atoms with Crippen LogP contribution in [0.4, 0.5) is 0 Å². The van der Waals surface area contributed by atoms with Crippen LogP contribution in [-0.4, -0.2) is 47.2 Å². The van der Waals surface area contributed by atoms with Crippen molar-refractivity contribution in [1.82, 2.24) is 14.5 Å². The molecule has 1 aliphatic rings. The number of aromatic nitrogens is 2. The number of benzene rings is 2. The van der Waals surface area contributed by atoms with Crippen molar-refractivity contribution >= 4 is 28.6 Å². The largest absolute Gasteiger partial charge is 0.383 e. The van der Waals surface area contributed by atoms with E-state index in [0.29, 0.717) is 22.7 Å². The summed E-state index contributed by atoms with van der Waals surface area (Å²) in [6.07, 6.45) is 2.06. The molecule has 4 rings (SSSR count). The average molecular weight is 438 g/mol. The van der Waals surface area contributed by atoms with Gasteiger partial charge >= 0.3 is 0 Å². The number of nitrogens with zero attached hydrogens (tertiary/aromatic N) is 3. The lowest BCUT2D eigenvalue weighted by atomic mass is 10.1. The van der Waals surface area contributed by atoms with Gasteiger partial charge in [0, 0.05) is 20.2 Å². The van der Waals surface area contributed by atoms with Gasteiger partial charge in [-0.3, -0.25) is 14.2 Å². The Morgan fingerprint density at radius 3 is 2.48 bits per heavy atom. The van der Waals surface area contributed by atoms with E-state index in [2.05, 4.69) is 0 Å². The third kappa shape index (κ3) is 4.52. The monoisotopic (exact) mass is 437 g/mol. The molecule has 0 bridgehead atoms. The number of carbonyl (C=O) groups excluding carboxylic acids is 1. The zero-order valence-electron chi connectivity index (χ0n) is 17.9. The van der Waals surface area contributed by atoms with Crippen LogP contribution in [0.25, 0.3) is 10.9 Å². The van der Waals surface area contributed by atoms with Crippen LogP contribution in [0.5, 0.6) is 0 Å². The van der Waals surface area contributed by atoms with Crippen LogP contribution in [0, 0.1) is 0 Å². The van der Waals surface area contributed by atoms with Crippen molar-refractivity contribution in [3.05, 3.63) is 70.5 Å². The number of hydrogen-bond donors (Lipinski definition) is 0. The minimum Gasteiger partial charge on any atom is -0.383 e. The minimum atomic E-state index is -0.464. The summed E-state index contributed by atoms with van der Waals surface area (Å²) in [5.41, 5.74) is 1.44. The van der Waals surface area contributed by atoms with E-state index in [1.807, 2.05) is 60.4 Å². The van der Waals surface area contributed by atoms with Gasteiger partial charge in [-0.15, -0.1) is 0 Å². The smallest absolute Gasteiger partial charge is 0.262 e. The second-order valence-electron chi connectivity index (χ2n) is 7.83. The van der Waals surface area contributed by atoms with E-state index in [-0.39, 0.29) is 17.5 Å².